The number of hydrogen-bond acceptors (Lipinski definition) is 7. The Balaban J connectivity index is 2.11. The summed E-state index contributed by atoms with van der Waals surface area (Å²) in [5.74, 6) is 0.111. The van der Waals surface area contributed by atoms with Gasteiger partial charge in [-0.25, -0.2) is 13.4 Å². The fourth-order valence-electron chi connectivity index (χ4n) is 3.53. The number of ether oxygens (including phenoxy) is 1. The molecule has 2 aromatic rings. The maximum absolute atomic E-state index is 13.7. The van der Waals surface area contributed by atoms with Gasteiger partial charge in [-0.2, -0.15) is 9.98 Å². The van der Waals surface area contributed by atoms with Crippen molar-refractivity contribution >= 4 is 47.3 Å². The fraction of sp³-hybridized carbons (Fsp3) is 0.480. The summed E-state index contributed by atoms with van der Waals surface area (Å²) in [6.07, 6.45) is 1.69. The number of halogens is 1. The highest BCUT2D eigenvalue weighted by atomic mass is 35.5. The summed E-state index contributed by atoms with van der Waals surface area (Å²) in [6.45, 7) is 11.3. The molecule has 2 aromatic carbocycles. The van der Waals surface area contributed by atoms with Gasteiger partial charge < -0.3 is 9.16 Å². The van der Waals surface area contributed by atoms with E-state index in [-0.39, 0.29) is 26.7 Å². The molecule has 8 nitrogen and oxygen atoms in total. The zero-order chi connectivity index (χ0) is 26.6. The molecule has 1 fully saturated rings. The number of aliphatic imine (C=N–C) groups is 2. The number of hydrogen-bond donors (Lipinski definition) is 1. The van der Waals surface area contributed by atoms with Crippen LogP contribution < -0.4 is 9.26 Å². The van der Waals surface area contributed by atoms with Gasteiger partial charge in [0.1, 0.15) is 16.6 Å². The van der Waals surface area contributed by atoms with E-state index in [0.717, 1.165) is 12.8 Å². The van der Waals surface area contributed by atoms with Crippen molar-refractivity contribution in [1.82, 2.24) is 9.84 Å². The van der Waals surface area contributed by atoms with Crippen LogP contribution >= 0.6 is 11.6 Å². The highest BCUT2D eigenvalue weighted by Gasteiger charge is 2.42. The molecule has 1 aliphatic heterocycles. The zero-order valence-corrected chi connectivity index (χ0v) is 24.3. The minimum atomic E-state index is -4.11. The van der Waals surface area contributed by atoms with E-state index in [1.807, 2.05) is 43.4 Å². The summed E-state index contributed by atoms with van der Waals surface area (Å²) in [5.41, 5.74) is 0.967. The van der Waals surface area contributed by atoms with Crippen LogP contribution in [0.25, 0.3) is 0 Å². The summed E-state index contributed by atoms with van der Waals surface area (Å²) in [6, 6.07) is 15.0. The SMILES string of the molecule is COC[C@@H]1CCCN1NS(=O)(=O)c1c(Cl)ccc(N=C=Nc2ccccc2)c1O[Si](C)(C)C(C)(C)C. The van der Waals surface area contributed by atoms with Crippen LogP contribution in [0.4, 0.5) is 11.4 Å². The number of benzene rings is 2. The number of methoxy groups -OCH3 is 1. The molecule has 36 heavy (non-hydrogen) atoms. The molecule has 1 saturated heterocycles. The average Bonchev–Trinajstić information content (AvgIpc) is 3.21. The second-order valence-electron chi connectivity index (χ2n) is 10.3. The largest absolute Gasteiger partial charge is 0.541 e. The third kappa shape index (κ3) is 6.83. The van der Waals surface area contributed by atoms with Crippen LogP contribution in [0.1, 0.15) is 33.6 Å². The first kappa shape index (κ1) is 28.5. The van der Waals surface area contributed by atoms with Gasteiger partial charge in [-0.05, 0) is 55.2 Å². The van der Waals surface area contributed by atoms with Crippen molar-refractivity contribution in [2.24, 2.45) is 9.98 Å². The molecule has 0 saturated carbocycles. The Bertz CT molecular complexity index is 1230. The number of nitrogens with zero attached hydrogens (tertiary/aromatic N) is 3. The van der Waals surface area contributed by atoms with Gasteiger partial charge in [0.15, 0.2) is 5.75 Å². The fourth-order valence-corrected chi connectivity index (χ4v) is 6.44. The van der Waals surface area contributed by atoms with Gasteiger partial charge in [-0.3, -0.25) is 0 Å². The van der Waals surface area contributed by atoms with Crippen LogP contribution in [0.5, 0.6) is 5.75 Å². The summed E-state index contributed by atoms with van der Waals surface area (Å²) < 4.78 is 39.3. The quantitative estimate of drug-likeness (QED) is 0.298. The first-order valence-electron chi connectivity index (χ1n) is 11.9. The van der Waals surface area contributed by atoms with Gasteiger partial charge in [0.2, 0.25) is 0 Å². The Morgan fingerprint density at radius 1 is 1.17 bits per heavy atom. The molecular weight excluding hydrogens is 516 g/mol. The Morgan fingerprint density at radius 3 is 2.50 bits per heavy atom. The van der Waals surface area contributed by atoms with Crippen molar-refractivity contribution in [2.75, 3.05) is 20.3 Å². The smallest absolute Gasteiger partial charge is 0.258 e. The maximum atomic E-state index is 13.7. The Morgan fingerprint density at radius 2 is 1.86 bits per heavy atom. The van der Waals surface area contributed by atoms with Crippen LogP contribution in [0, 0.1) is 0 Å². The average molecular weight is 551 g/mol. The van der Waals surface area contributed by atoms with Crippen LogP contribution in [0.3, 0.4) is 0 Å². The van der Waals surface area contributed by atoms with Crippen molar-refractivity contribution in [3.8, 4) is 5.75 Å². The van der Waals surface area contributed by atoms with Crippen molar-refractivity contribution in [1.29, 1.82) is 0 Å². The summed E-state index contributed by atoms with van der Waals surface area (Å²) in [5, 5.41) is 1.55. The Labute approximate surface area is 220 Å². The van der Waals surface area contributed by atoms with Gasteiger partial charge >= 0.3 is 0 Å². The van der Waals surface area contributed by atoms with E-state index >= 15 is 0 Å². The number of para-hydroxylation sites is 1. The standard InChI is InChI=1S/C25H35ClN4O4SSi/c1-25(2,3)36(5,6)34-23-22(28-18-27-19-11-8-7-9-12-19)15-14-21(26)24(23)35(31,32)29-30-16-10-13-20(30)17-33-4/h7-9,11-12,14-15,20,29H,10,13,16-17H2,1-6H3/t20-/m0/s1. The molecule has 1 N–H and O–H groups in total. The number of hydrazine groups is 1. The molecule has 0 spiro atoms. The van der Waals surface area contributed by atoms with E-state index in [1.54, 1.807) is 18.2 Å². The lowest BCUT2D eigenvalue weighted by molar-refractivity contribution is 0.104. The highest BCUT2D eigenvalue weighted by molar-refractivity contribution is 7.89. The lowest BCUT2D eigenvalue weighted by Crippen LogP contribution is -2.47. The topological polar surface area (TPSA) is 92.6 Å². The van der Waals surface area contributed by atoms with Crippen molar-refractivity contribution in [3.63, 3.8) is 0 Å². The van der Waals surface area contributed by atoms with Crippen LogP contribution in [-0.4, -0.2) is 54.1 Å². The van der Waals surface area contributed by atoms with Crippen LogP contribution in [0.15, 0.2) is 57.3 Å². The highest BCUT2D eigenvalue weighted by Crippen LogP contribution is 2.45. The normalized spacial score (nSPS) is 17.0. The van der Waals surface area contributed by atoms with Crippen LogP contribution in [0.2, 0.25) is 23.2 Å². The van der Waals surface area contributed by atoms with Gasteiger partial charge in [0.05, 0.1) is 17.3 Å². The first-order valence-corrected chi connectivity index (χ1v) is 16.6. The summed E-state index contributed by atoms with van der Waals surface area (Å²) in [4.78, 5) is 11.2. The van der Waals surface area contributed by atoms with Gasteiger partial charge in [0.25, 0.3) is 18.3 Å². The van der Waals surface area contributed by atoms with E-state index in [1.165, 1.54) is 6.07 Å². The number of rotatable bonds is 9. The molecule has 1 heterocycles. The predicted octanol–water partition coefficient (Wildman–Crippen LogP) is 6.17. The molecule has 0 bridgehead atoms. The predicted molar refractivity (Wildman–Crippen MR) is 147 cm³/mol. The molecule has 0 aliphatic carbocycles. The lowest BCUT2D eigenvalue weighted by atomic mass is 10.2. The monoisotopic (exact) mass is 550 g/mol. The Kier molecular flexibility index (Phi) is 9.16. The molecule has 0 radical (unpaired) electrons. The molecule has 1 atom stereocenters. The van der Waals surface area contributed by atoms with E-state index in [0.29, 0.717) is 24.5 Å². The maximum Gasteiger partial charge on any atom is 0.258 e. The number of nitrogens with one attached hydrogen (secondary N) is 1. The number of sulfonamides is 1. The van der Waals surface area contributed by atoms with Gasteiger partial charge in [0, 0.05) is 19.7 Å². The van der Waals surface area contributed by atoms with Crippen molar-refractivity contribution in [2.45, 2.75) is 62.7 Å². The van der Waals surface area contributed by atoms with E-state index in [9.17, 15) is 8.42 Å². The lowest BCUT2D eigenvalue weighted by Gasteiger charge is -2.37. The minimum Gasteiger partial charge on any atom is -0.541 e. The molecule has 3 rings (SSSR count). The molecule has 0 unspecified atom stereocenters. The molecule has 11 heteroatoms. The second-order valence-corrected chi connectivity index (χ2v) is 17.0. The molecule has 0 aromatic heterocycles. The minimum absolute atomic E-state index is 0.0534. The molecule has 0 amide bonds. The van der Waals surface area contributed by atoms with E-state index in [2.05, 4.69) is 41.6 Å². The van der Waals surface area contributed by atoms with Gasteiger partial charge in [-0.15, -0.1) is 4.83 Å². The van der Waals surface area contributed by atoms with E-state index < -0.39 is 18.3 Å². The van der Waals surface area contributed by atoms with Crippen molar-refractivity contribution in [3.05, 3.63) is 47.5 Å². The second kappa shape index (κ2) is 11.6. The third-order valence-electron chi connectivity index (χ3n) is 6.55. The zero-order valence-electron chi connectivity index (χ0n) is 21.7. The van der Waals surface area contributed by atoms with Crippen molar-refractivity contribution < 1.29 is 17.6 Å². The third-order valence-corrected chi connectivity index (χ3v) is 12.7. The molecule has 196 valence electrons. The van der Waals surface area contributed by atoms with Gasteiger partial charge in [-0.1, -0.05) is 50.6 Å². The molecular formula is C25H35ClN4O4SSi. The van der Waals surface area contributed by atoms with Crippen LogP contribution in [-0.2, 0) is 14.8 Å². The van der Waals surface area contributed by atoms with E-state index in [4.69, 9.17) is 20.8 Å². The summed E-state index contributed by atoms with van der Waals surface area (Å²) in [7, 11) is -4.99. The molecule has 1 aliphatic rings. The Hall–Kier alpha value is -2.04. The first-order chi connectivity index (χ1) is 16.9. The summed E-state index contributed by atoms with van der Waals surface area (Å²) >= 11 is 6.53.